The van der Waals surface area contributed by atoms with Crippen LogP contribution in [-0.2, 0) is 0 Å². The average Bonchev–Trinajstić information content (AvgIpc) is 2.38. The van der Waals surface area contributed by atoms with Crippen LogP contribution in [0.15, 0.2) is 24.3 Å². The Morgan fingerprint density at radius 2 is 2.00 bits per heavy atom. The van der Waals surface area contributed by atoms with Gasteiger partial charge in [0.05, 0.1) is 23.1 Å². The van der Waals surface area contributed by atoms with E-state index in [1.54, 1.807) is 6.07 Å². The Kier molecular flexibility index (Phi) is 4.75. The summed E-state index contributed by atoms with van der Waals surface area (Å²) in [5.74, 6) is 0. The molecular formula is C15H19N3. The van der Waals surface area contributed by atoms with Crippen LogP contribution in [0, 0.1) is 28.1 Å². The molecule has 94 valence electrons. The van der Waals surface area contributed by atoms with Crippen LogP contribution < -0.4 is 4.90 Å². The minimum absolute atomic E-state index is 0.255. The van der Waals surface area contributed by atoms with Gasteiger partial charge in [-0.05, 0) is 44.9 Å². The van der Waals surface area contributed by atoms with Gasteiger partial charge in [-0.1, -0.05) is 6.07 Å². The fourth-order valence-corrected chi connectivity index (χ4v) is 1.76. The first-order valence-corrected chi connectivity index (χ1v) is 6.11. The largest absolute Gasteiger partial charge is 0.375 e. The third-order valence-electron chi connectivity index (χ3n) is 3.01. The molecule has 0 unspecified atom stereocenters. The summed E-state index contributed by atoms with van der Waals surface area (Å²) in [5, 5.41) is 17.8. The molecular weight excluding hydrogens is 222 g/mol. The lowest BCUT2D eigenvalue weighted by atomic mass is 9.90. The molecule has 0 fully saturated rings. The summed E-state index contributed by atoms with van der Waals surface area (Å²) in [6, 6.07) is 12.0. The standard InChI is InChI=1S/C15H19N3/c1-15(2,12-17)8-5-9-18(3)14-7-4-6-13(10-14)11-16/h4,6-7,10H,5,8-9H2,1-3H3. The monoisotopic (exact) mass is 241 g/mol. The van der Waals surface area contributed by atoms with Gasteiger partial charge in [0, 0.05) is 19.3 Å². The molecule has 3 heteroatoms. The van der Waals surface area contributed by atoms with E-state index in [1.165, 1.54) is 0 Å². The molecule has 1 aromatic rings. The van der Waals surface area contributed by atoms with Crippen molar-refractivity contribution >= 4 is 5.69 Å². The minimum atomic E-state index is -0.255. The highest BCUT2D eigenvalue weighted by Crippen LogP contribution is 2.22. The van der Waals surface area contributed by atoms with Gasteiger partial charge in [0.2, 0.25) is 0 Å². The Morgan fingerprint density at radius 3 is 2.61 bits per heavy atom. The van der Waals surface area contributed by atoms with Gasteiger partial charge in [0.1, 0.15) is 0 Å². The molecule has 0 bridgehead atoms. The molecule has 0 saturated heterocycles. The van der Waals surface area contributed by atoms with E-state index in [2.05, 4.69) is 17.0 Å². The molecule has 0 spiro atoms. The fourth-order valence-electron chi connectivity index (χ4n) is 1.76. The van der Waals surface area contributed by atoms with E-state index in [1.807, 2.05) is 39.1 Å². The average molecular weight is 241 g/mol. The predicted octanol–water partition coefficient (Wildman–Crippen LogP) is 3.32. The highest BCUT2D eigenvalue weighted by molar-refractivity contribution is 5.50. The first kappa shape index (κ1) is 14.1. The molecule has 1 rings (SSSR count). The van der Waals surface area contributed by atoms with Gasteiger partial charge in [-0.15, -0.1) is 0 Å². The van der Waals surface area contributed by atoms with Crippen LogP contribution in [0.4, 0.5) is 5.69 Å². The zero-order valence-electron chi connectivity index (χ0n) is 11.3. The molecule has 18 heavy (non-hydrogen) atoms. The Bertz CT molecular complexity index is 477. The van der Waals surface area contributed by atoms with Crippen LogP contribution in [0.2, 0.25) is 0 Å². The molecule has 0 atom stereocenters. The van der Waals surface area contributed by atoms with Crippen LogP contribution in [0.1, 0.15) is 32.3 Å². The van der Waals surface area contributed by atoms with E-state index >= 15 is 0 Å². The van der Waals surface area contributed by atoms with Crippen molar-refractivity contribution < 1.29 is 0 Å². The quantitative estimate of drug-likeness (QED) is 0.794. The van der Waals surface area contributed by atoms with Crippen LogP contribution in [0.3, 0.4) is 0 Å². The molecule has 1 aromatic carbocycles. The van der Waals surface area contributed by atoms with Crippen molar-refractivity contribution in [1.29, 1.82) is 10.5 Å². The first-order chi connectivity index (χ1) is 8.48. The van der Waals surface area contributed by atoms with Gasteiger partial charge in [0.15, 0.2) is 0 Å². The lowest BCUT2D eigenvalue weighted by molar-refractivity contribution is 0.436. The molecule has 0 N–H and O–H groups in total. The van der Waals surface area contributed by atoms with Crippen molar-refractivity contribution in [1.82, 2.24) is 0 Å². The fraction of sp³-hybridized carbons (Fsp3) is 0.467. The smallest absolute Gasteiger partial charge is 0.0992 e. The summed E-state index contributed by atoms with van der Waals surface area (Å²) in [4.78, 5) is 2.12. The summed E-state index contributed by atoms with van der Waals surface area (Å²) in [6.07, 6.45) is 1.85. The van der Waals surface area contributed by atoms with Crippen molar-refractivity contribution in [2.24, 2.45) is 5.41 Å². The van der Waals surface area contributed by atoms with Crippen molar-refractivity contribution in [3.8, 4) is 12.1 Å². The summed E-state index contributed by atoms with van der Waals surface area (Å²) in [6.45, 7) is 4.81. The highest BCUT2D eigenvalue weighted by Gasteiger charge is 2.16. The molecule has 0 saturated carbocycles. The Labute approximate surface area is 109 Å². The second kappa shape index (κ2) is 6.07. The number of nitriles is 2. The third-order valence-corrected chi connectivity index (χ3v) is 3.01. The summed E-state index contributed by atoms with van der Waals surface area (Å²) in [7, 11) is 2.01. The van der Waals surface area contributed by atoms with Crippen LogP contribution >= 0.6 is 0 Å². The van der Waals surface area contributed by atoms with Crippen molar-refractivity contribution in [3.63, 3.8) is 0 Å². The molecule has 0 heterocycles. The van der Waals surface area contributed by atoms with E-state index in [9.17, 15) is 0 Å². The van der Waals surface area contributed by atoms with E-state index in [0.29, 0.717) is 5.56 Å². The molecule has 3 nitrogen and oxygen atoms in total. The predicted molar refractivity (Wildman–Crippen MR) is 73.1 cm³/mol. The van der Waals surface area contributed by atoms with E-state index in [0.717, 1.165) is 25.1 Å². The summed E-state index contributed by atoms with van der Waals surface area (Å²) in [5.41, 5.74) is 1.47. The van der Waals surface area contributed by atoms with Gasteiger partial charge in [-0.25, -0.2) is 0 Å². The number of rotatable bonds is 5. The van der Waals surface area contributed by atoms with E-state index in [-0.39, 0.29) is 5.41 Å². The zero-order chi connectivity index (χ0) is 13.6. The zero-order valence-corrected chi connectivity index (χ0v) is 11.3. The van der Waals surface area contributed by atoms with E-state index in [4.69, 9.17) is 10.5 Å². The molecule has 0 amide bonds. The number of anilines is 1. The van der Waals surface area contributed by atoms with Gasteiger partial charge < -0.3 is 4.90 Å². The van der Waals surface area contributed by atoms with Crippen LogP contribution in [0.25, 0.3) is 0 Å². The maximum absolute atomic E-state index is 8.94. The maximum atomic E-state index is 8.94. The minimum Gasteiger partial charge on any atom is -0.375 e. The highest BCUT2D eigenvalue weighted by atomic mass is 15.1. The van der Waals surface area contributed by atoms with Crippen molar-refractivity contribution in [3.05, 3.63) is 29.8 Å². The van der Waals surface area contributed by atoms with Gasteiger partial charge in [-0.3, -0.25) is 0 Å². The molecule has 0 aromatic heterocycles. The number of hydrogen-bond acceptors (Lipinski definition) is 3. The first-order valence-electron chi connectivity index (χ1n) is 6.11. The van der Waals surface area contributed by atoms with E-state index < -0.39 is 0 Å². The number of benzene rings is 1. The molecule has 0 aliphatic heterocycles. The van der Waals surface area contributed by atoms with Crippen molar-refractivity contribution in [2.75, 3.05) is 18.5 Å². The third kappa shape index (κ3) is 4.11. The van der Waals surface area contributed by atoms with Crippen molar-refractivity contribution in [2.45, 2.75) is 26.7 Å². The number of hydrogen-bond donors (Lipinski definition) is 0. The van der Waals surface area contributed by atoms with Gasteiger partial charge in [0.25, 0.3) is 0 Å². The Hall–Kier alpha value is -2.00. The number of nitrogens with zero attached hydrogens (tertiary/aromatic N) is 3. The maximum Gasteiger partial charge on any atom is 0.0992 e. The van der Waals surface area contributed by atoms with Crippen LogP contribution in [0.5, 0.6) is 0 Å². The Morgan fingerprint density at radius 1 is 1.28 bits per heavy atom. The SMILES string of the molecule is CN(CCCC(C)(C)C#N)c1cccc(C#N)c1. The molecule has 0 aliphatic carbocycles. The second-order valence-corrected chi connectivity index (χ2v) is 5.18. The normalized spacial score (nSPS) is 10.5. The Balaban J connectivity index is 2.54. The lowest BCUT2D eigenvalue weighted by Gasteiger charge is -2.21. The second-order valence-electron chi connectivity index (χ2n) is 5.18. The molecule has 0 aliphatic rings. The van der Waals surface area contributed by atoms with Gasteiger partial charge in [-0.2, -0.15) is 10.5 Å². The molecule has 0 radical (unpaired) electrons. The van der Waals surface area contributed by atoms with Crippen LogP contribution in [-0.4, -0.2) is 13.6 Å². The summed E-state index contributed by atoms with van der Waals surface area (Å²) >= 11 is 0. The lowest BCUT2D eigenvalue weighted by Crippen LogP contribution is -2.20. The van der Waals surface area contributed by atoms with Gasteiger partial charge >= 0.3 is 0 Å². The topological polar surface area (TPSA) is 50.8 Å². The summed E-state index contributed by atoms with van der Waals surface area (Å²) < 4.78 is 0.